The zero-order chi connectivity index (χ0) is 11.8. The van der Waals surface area contributed by atoms with Crippen molar-refractivity contribution >= 4 is 17.2 Å². The lowest BCUT2D eigenvalue weighted by atomic mass is 10.2. The molecule has 3 nitrogen and oxygen atoms in total. The fourth-order valence-corrected chi connectivity index (χ4v) is 2.04. The van der Waals surface area contributed by atoms with Crippen molar-refractivity contribution in [3.05, 3.63) is 22.4 Å². The molecule has 1 unspecified atom stereocenters. The molecule has 0 aliphatic carbocycles. The summed E-state index contributed by atoms with van der Waals surface area (Å²) in [6.45, 7) is 3.06. The highest BCUT2D eigenvalue weighted by molar-refractivity contribution is 7.10. The lowest BCUT2D eigenvalue weighted by molar-refractivity contribution is -0.120. The monoisotopic (exact) mass is 236 g/mol. The van der Waals surface area contributed by atoms with Crippen LogP contribution in [-0.2, 0) is 4.79 Å². The number of hydrogen-bond acceptors (Lipinski definition) is 3. The molecule has 4 heteroatoms. The van der Waals surface area contributed by atoms with Crippen molar-refractivity contribution in [3.63, 3.8) is 0 Å². The van der Waals surface area contributed by atoms with Crippen LogP contribution in [0.15, 0.2) is 17.5 Å². The van der Waals surface area contributed by atoms with Crippen LogP contribution in [-0.4, -0.2) is 19.0 Å². The predicted octanol–water partition coefficient (Wildman–Crippen LogP) is 1.54. The molecule has 1 aromatic rings. The molecule has 1 atom stereocenters. The van der Waals surface area contributed by atoms with Crippen LogP contribution in [0.5, 0.6) is 0 Å². The first-order valence-electron chi connectivity index (χ1n) is 5.21. The standard InChI is InChI=1S/C12H16N2OS/c1-3-7-14-12(15)6-8-13-10(2)11-5-4-9-16-11/h1,4-5,9-10,13H,6-8H2,2H3,(H,14,15). The van der Waals surface area contributed by atoms with Crippen LogP contribution >= 0.6 is 11.3 Å². The van der Waals surface area contributed by atoms with E-state index in [-0.39, 0.29) is 5.91 Å². The van der Waals surface area contributed by atoms with Gasteiger partial charge in [-0.05, 0) is 18.4 Å². The molecule has 1 rings (SSSR count). The Labute approximate surface area is 100 Å². The van der Waals surface area contributed by atoms with Crippen molar-refractivity contribution in [2.24, 2.45) is 0 Å². The fraction of sp³-hybridized carbons (Fsp3) is 0.417. The van der Waals surface area contributed by atoms with Gasteiger partial charge in [0.15, 0.2) is 0 Å². The Morgan fingerprint density at radius 1 is 1.69 bits per heavy atom. The number of carbonyl (C=O) groups excluding carboxylic acids is 1. The van der Waals surface area contributed by atoms with Gasteiger partial charge in [0.25, 0.3) is 0 Å². The largest absolute Gasteiger partial charge is 0.345 e. The van der Waals surface area contributed by atoms with Crippen molar-refractivity contribution in [3.8, 4) is 12.3 Å². The maximum atomic E-state index is 11.2. The van der Waals surface area contributed by atoms with Gasteiger partial charge >= 0.3 is 0 Å². The highest BCUT2D eigenvalue weighted by atomic mass is 32.1. The van der Waals surface area contributed by atoms with Gasteiger partial charge < -0.3 is 10.6 Å². The molecule has 0 spiro atoms. The number of terminal acetylenes is 1. The normalized spacial score (nSPS) is 11.8. The molecule has 1 heterocycles. The van der Waals surface area contributed by atoms with E-state index in [9.17, 15) is 4.79 Å². The average molecular weight is 236 g/mol. The zero-order valence-corrected chi connectivity index (χ0v) is 10.1. The van der Waals surface area contributed by atoms with Crippen molar-refractivity contribution in [2.75, 3.05) is 13.1 Å². The van der Waals surface area contributed by atoms with Gasteiger partial charge in [0.1, 0.15) is 0 Å². The molecule has 0 saturated heterocycles. The van der Waals surface area contributed by atoms with E-state index in [1.54, 1.807) is 11.3 Å². The first-order valence-corrected chi connectivity index (χ1v) is 6.09. The summed E-state index contributed by atoms with van der Waals surface area (Å²) in [6, 6.07) is 4.40. The third-order valence-corrected chi connectivity index (χ3v) is 3.22. The smallest absolute Gasteiger partial charge is 0.222 e. The molecule has 0 radical (unpaired) electrons. The fourth-order valence-electron chi connectivity index (χ4n) is 1.28. The molecule has 1 amide bonds. The average Bonchev–Trinajstić information content (AvgIpc) is 2.79. The van der Waals surface area contributed by atoms with E-state index in [2.05, 4.69) is 29.5 Å². The van der Waals surface area contributed by atoms with Gasteiger partial charge in [-0.3, -0.25) is 4.79 Å². The van der Waals surface area contributed by atoms with E-state index in [4.69, 9.17) is 6.42 Å². The number of thiophene rings is 1. The molecule has 0 saturated carbocycles. The summed E-state index contributed by atoms with van der Waals surface area (Å²) in [4.78, 5) is 12.5. The molecule has 0 aliphatic heterocycles. The summed E-state index contributed by atoms with van der Waals surface area (Å²) in [7, 11) is 0. The van der Waals surface area contributed by atoms with Gasteiger partial charge in [0.05, 0.1) is 6.54 Å². The van der Waals surface area contributed by atoms with Crippen molar-refractivity contribution in [1.82, 2.24) is 10.6 Å². The van der Waals surface area contributed by atoms with Crippen molar-refractivity contribution < 1.29 is 4.79 Å². The number of nitrogens with one attached hydrogen (secondary N) is 2. The molecule has 0 aromatic carbocycles. The van der Waals surface area contributed by atoms with Gasteiger partial charge in [0.2, 0.25) is 5.91 Å². The van der Waals surface area contributed by atoms with E-state index in [1.807, 2.05) is 11.4 Å². The van der Waals surface area contributed by atoms with Crippen LogP contribution in [0.3, 0.4) is 0 Å². The maximum Gasteiger partial charge on any atom is 0.222 e. The van der Waals surface area contributed by atoms with Crippen LogP contribution in [0.1, 0.15) is 24.3 Å². The van der Waals surface area contributed by atoms with E-state index < -0.39 is 0 Å². The molecule has 0 bridgehead atoms. The molecular weight excluding hydrogens is 220 g/mol. The summed E-state index contributed by atoms with van der Waals surface area (Å²) in [5, 5.41) is 7.97. The first-order chi connectivity index (χ1) is 7.74. The number of rotatable bonds is 6. The number of carbonyl (C=O) groups is 1. The van der Waals surface area contributed by atoms with Gasteiger partial charge in [-0.1, -0.05) is 12.0 Å². The molecular formula is C12H16N2OS. The summed E-state index contributed by atoms with van der Waals surface area (Å²) < 4.78 is 0. The number of amides is 1. The quantitative estimate of drug-likeness (QED) is 0.736. The molecule has 0 aliphatic rings. The van der Waals surface area contributed by atoms with Crippen LogP contribution in [0.4, 0.5) is 0 Å². The Bertz CT molecular complexity index is 354. The minimum Gasteiger partial charge on any atom is -0.345 e. The van der Waals surface area contributed by atoms with Crippen LogP contribution in [0.2, 0.25) is 0 Å². The Balaban J connectivity index is 2.16. The van der Waals surface area contributed by atoms with Gasteiger partial charge in [-0.15, -0.1) is 17.8 Å². The Morgan fingerprint density at radius 2 is 2.50 bits per heavy atom. The predicted molar refractivity (Wildman–Crippen MR) is 67.2 cm³/mol. The maximum absolute atomic E-state index is 11.2. The van der Waals surface area contributed by atoms with Crippen LogP contribution in [0.25, 0.3) is 0 Å². The lowest BCUT2D eigenvalue weighted by Crippen LogP contribution is -2.28. The van der Waals surface area contributed by atoms with Crippen molar-refractivity contribution in [1.29, 1.82) is 0 Å². The second kappa shape index (κ2) is 7.04. The Morgan fingerprint density at radius 3 is 3.12 bits per heavy atom. The van der Waals surface area contributed by atoms with E-state index >= 15 is 0 Å². The first kappa shape index (κ1) is 12.8. The van der Waals surface area contributed by atoms with E-state index in [0.29, 0.717) is 25.6 Å². The topological polar surface area (TPSA) is 41.1 Å². The van der Waals surface area contributed by atoms with E-state index in [0.717, 1.165) is 0 Å². The zero-order valence-electron chi connectivity index (χ0n) is 9.32. The minimum atomic E-state index is -0.0103. The summed E-state index contributed by atoms with van der Waals surface area (Å²) in [5.41, 5.74) is 0. The summed E-state index contributed by atoms with van der Waals surface area (Å²) in [6.07, 6.45) is 5.49. The SMILES string of the molecule is C#CCNC(=O)CCNC(C)c1cccs1. The third-order valence-electron chi connectivity index (χ3n) is 2.16. The van der Waals surface area contributed by atoms with E-state index in [1.165, 1.54) is 4.88 Å². The van der Waals surface area contributed by atoms with Gasteiger partial charge in [-0.25, -0.2) is 0 Å². The summed E-state index contributed by atoms with van der Waals surface area (Å²) in [5.74, 6) is 2.36. The van der Waals surface area contributed by atoms with Gasteiger partial charge in [-0.2, -0.15) is 0 Å². The Kier molecular flexibility index (Phi) is 5.62. The Hall–Kier alpha value is -1.31. The highest BCUT2D eigenvalue weighted by Gasteiger charge is 2.06. The minimum absolute atomic E-state index is 0.0103. The number of hydrogen-bond donors (Lipinski definition) is 2. The third kappa shape index (κ3) is 4.47. The lowest BCUT2D eigenvalue weighted by Gasteiger charge is -2.11. The summed E-state index contributed by atoms with van der Waals surface area (Å²) >= 11 is 1.71. The van der Waals surface area contributed by atoms with Crippen LogP contribution in [0, 0.1) is 12.3 Å². The molecule has 1 aromatic heterocycles. The molecule has 16 heavy (non-hydrogen) atoms. The molecule has 86 valence electrons. The second-order valence-corrected chi connectivity index (χ2v) is 4.40. The van der Waals surface area contributed by atoms with Crippen molar-refractivity contribution in [2.45, 2.75) is 19.4 Å². The van der Waals surface area contributed by atoms with Crippen LogP contribution < -0.4 is 10.6 Å². The molecule has 0 fully saturated rings. The molecule has 2 N–H and O–H groups in total. The second-order valence-electron chi connectivity index (χ2n) is 3.42. The van der Waals surface area contributed by atoms with Gasteiger partial charge in [0, 0.05) is 23.9 Å². The highest BCUT2D eigenvalue weighted by Crippen LogP contribution is 2.17.